The molecule has 20 heavy (non-hydrogen) atoms. The topological polar surface area (TPSA) is 47.7 Å². The Morgan fingerprint density at radius 3 is 2.80 bits per heavy atom. The zero-order chi connectivity index (χ0) is 13.9. The fraction of sp³-hybridized carbons (Fsp3) is 0.600. The monoisotopic (exact) mass is 271 g/mol. The number of aromatic nitrogens is 4. The Morgan fingerprint density at radius 2 is 2.05 bits per heavy atom. The molecule has 4 rings (SSSR count). The quantitative estimate of drug-likeness (QED) is 0.861. The summed E-state index contributed by atoms with van der Waals surface area (Å²) in [5.41, 5.74) is 6.19. The lowest BCUT2D eigenvalue weighted by atomic mass is 9.84. The maximum atomic E-state index is 4.81. The molecule has 2 aromatic heterocycles. The summed E-state index contributed by atoms with van der Waals surface area (Å²) >= 11 is 0. The molecule has 2 aliphatic rings. The number of hydrogen-bond donors (Lipinski definition) is 1. The predicted molar refractivity (Wildman–Crippen MR) is 77.4 cm³/mol. The van der Waals surface area contributed by atoms with E-state index in [-0.39, 0.29) is 0 Å². The van der Waals surface area contributed by atoms with Crippen LogP contribution in [0.5, 0.6) is 0 Å². The van der Waals surface area contributed by atoms with Crippen LogP contribution in [0.4, 0.5) is 0 Å². The van der Waals surface area contributed by atoms with Crippen LogP contribution < -0.4 is 5.32 Å². The minimum Gasteiger partial charge on any atom is -0.305 e. The maximum absolute atomic E-state index is 4.81. The summed E-state index contributed by atoms with van der Waals surface area (Å²) in [6.45, 7) is 2.04. The van der Waals surface area contributed by atoms with E-state index in [1.165, 1.54) is 41.9 Å². The van der Waals surface area contributed by atoms with E-state index in [4.69, 9.17) is 5.10 Å². The van der Waals surface area contributed by atoms with Gasteiger partial charge in [0, 0.05) is 25.7 Å². The normalized spacial score (nSPS) is 24.8. The Kier molecular flexibility index (Phi) is 2.54. The van der Waals surface area contributed by atoms with Crippen molar-refractivity contribution < 1.29 is 0 Å². The van der Waals surface area contributed by atoms with Crippen molar-refractivity contribution in [2.24, 2.45) is 14.1 Å². The SMILES string of the molecule is Cc1cc(-c2c3c(nn2C)C2CCCC(C3)N2)n(C)n1. The average molecular weight is 271 g/mol. The number of hydrogen-bond acceptors (Lipinski definition) is 3. The van der Waals surface area contributed by atoms with Gasteiger partial charge in [0.25, 0.3) is 0 Å². The molecule has 0 radical (unpaired) electrons. The Balaban J connectivity index is 1.90. The van der Waals surface area contributed by atoms with Gasteiger partial charge in [-0.25, -0.2) is 0 Å². The van der Waals surface area contributed by atoms with Gasteiger partial charge in [-0.05, 0) is 38.7 Å². The van der Waals surface area contributed by atoms with Crippen LogP contribution in [0.1, 0.15) is 42.3 Å². The van der Waals surface area contributed by atoms with Crippen LogP contribution in [0.3, 0.4) is 0 Å². The van der Waals surface area contributed by atoms with Crippen LogP contribution in [0, 0.1) is 6.92 Å². The van der Waals surface area contributed by atoms with Gasteiger partial charge in [-0.15, -0.1) is 0 Å². The molecule has 4 heterocycles. The molecule has 1 N–H and O–H groups in total. The molecule has 5 nitrogen and oxygen atoms in total. The molecule has 2 aromatic rings. The molecule has 1 saturated heterocycles. The first-order chi connectivity index (χ1) is 9.63. The fourth-order valence-electron chi connectivity index (χ4n) is 3.87. The lowest BCUT2D eigenvalue weighted by Crippen LogP contribution is -2.42. The Bertz CT molecular complexity index is 666. The molecule has 2 aliphatic heterocycles. The molecular formula is C15H21N5. The van der Waals surface area contributed by atoms with Crippen LogP contribution in [-0.4, -0.2) is 25.6 Å². The van der Waals surface area contributed by atoms with Gasteiger partial charge in [0.2, 0.25) is 0 Å². The molecule has 2 unspecified atom stereocenters. The second kappa shape index (κ2) is 4.19. The van der Waals surface area contributed by atoms with Gasteiger partial charge in [0.15, 0.2) is 0 Å². The van der Waals surface area contributed by atoms with Crippen molar-refractivity contribution in [1.29, 1.82) is 0 Å². The fourth-order valence-corrected chi connectivity index (χ4v) is 3.87. The van der Waals surface area contributed by atoms with Crippen LogP contribution in [-0.2, 0) is 20.5 Å². The molecule has 106 valence electrons. The minimum atomic E-state index is 0.451. The largest absolute Gasteiger partial charge is 0.305 e. The average Bonchev–Trinajstić information content (AvgIpc) is 2.89. The smallest absolute Gasteiger partial charge is 0.0896 e. The zero-order valence-electron chi connectivity index (χ0n) is 12.3. The molecule has 5 heteroatoms. The highest BCUT2D eigenvalue weighted by molar-refractivity contribution is 5.63. The molecule has 0 saturated carbocycles. The minimum absolute atomic E-state index is 0.451. The van der Waals surface area contributed by atoms with Gasteiger partial charge in [-0.2, -0.15) is 10.2 Å². The molecule has 0 spiro atoms. The van der Waals surface area contributed by atoms with Crippen molar-refractivity contribution >= 4 is 0 Å². The van der Waals surface area contributed by atoms with Crippen LogP contribution >= 0.6 is 0 Å². The van der Waals surface area contributed by atoms with Crippen LogP contribution in [0.25, 0.3) is 11.4 Å². The standard InChI is InChI=1S/C15H21N5/c1-9-7-13(19(2)17-9)15-11-8-10-5-4-6-12(16-10)14(11)18-20(15)3/h7,10,12,16H,4-6,8H2,1-3H3. The first-order valence-electron chi connectivity index (χ1n) is 7.46. The Hall–Kier alpha value is -1.62. The molecule has 1 fully saturated rings. The Labute approximate surface area is 119 Å². The number of fused-ring (bicyclic) bond motifs is 4. The summed E-state index contributed by atoms with van der Waals surface area (Å²) in [6, 6.07) is 3.24. The van der Waals surface area contributed by atoms with Crippen molar-refractivity contribution in [1.82, 2.24) is 24.9 Å². The molecular weight excluding hydrogens is 250 g/mol. The summed E-state index contributed by atoms with van der Waals surface area (Å²) in [5.74, 6) is 0. The third-order valence-electron chi connectivity index (χ3n) is 4.68. The van der Waals surface area contributed by atoms with Crippen molar-refractivity contribution in [3.8, 4) is 11.4 Å². The van der Waals surface area contributed by atoms with Gasteiger partial charge >= 0.3 is 0 Å². The highest BCUT2D eigenvalue weighted by Crippen LogP contribution is 2.38. The van der Waals surface area contributed by atoms with Crippen molar-refractivity contribution in [2.75, 3.05) is 0 Å². The van der Waals surface area contributed by atoms with Gasteiger partial charge < -0.3 is 5.32 Å². The van der Waals surface area contributed by atoms with E-state index in [1.54, 1.807) is 0 Å². The summed E-state index contributed by atoms with van der Waals surface area (Å²) < 4.78 is 4.02. The van der Waals surface area contributed by atoms with Gasteiger partial charge in [0.1, 0.15) is 0 Å². The lowest BCUT2D eigenvalue weighted by Gasteiger charge is -2.35. The molecule has 2 bridgehead atoms. The summed E-state index contributed by atoms with van der Waals surface area (Å²) in [5, 5.41) is 13.0. The van der Waals surface area contributed by atoms with Crippen molar-refractivity contribution in [3.05, 3.63) is 23.0 Å². The van der Waals surface area contributed by atoms with E-state index in [1.807, 2.05) is 23.3 Å². The third-order valence-corrected chi connectivity index (χ3v) is 4.68. The first-order valence-corrected chi connectivity index (χ1v) is 7.46. The van der Waals surface area contributed by atoms with Gasteiger partial charge in [-0.3, -0.25) is 9.36 Å². The van der Waals surface area contributed by atoms with E-state index >= 15 is 0 Å². The molecule has 0 amide bonds. The van der Waals surface area contributed by atoms with Crippen LogP contribution in [0.15, 0.2) is 6.07 Å². The van der Waals surface area contributed by atoms with E-state index in [2.05, 4.69) is 23.5 Å². The molecule has 2 atom stereocenters. The third kappa shape index (κ3) is 1.66. The maximum Gasteiger partial charge on any atom is 0.0896 e. The highest BCUT2D eigenvalue weighted by Gasteiger charge is 2.35. The number of aryl methyl sites for hydroxylation is 3. The lowest BCUT2D eigenvalue weighted by molar-refractivity contribution is 0.297. The van der Waals surface area contributed by atoms with Crippen molar-refractivity contribution in [3.63, 3.8) is 0 Å². The number of nitrogens with one attached hydrogen (secondary N) is 1. The highest BCUT2D eigenvalue weighted by atomic mass is 15.3. The number of piperidine rings is 1. The number of nitrogens with zero attached hydrogens (tertiary/aromatic N) is 4. The number of rotatable bonds is 1. The molecule has 0 aromatic carbocycles. The van der Waals surface area contributed by atoms with E-state index < -0.39 is 0 Å². The summed E-state index contributed by atoms with van der Waals surface area (Å²) in [7, 11) is 4.07. The van der Waals surface area contributed by atoms with Crippen molar-refractivity contribution in [2.45, 2.75) is 44.7 Å². The van der Waals surface area contributed by atoms with E-state index in [0.717, 1.165) is 12.1 Å². The zero-order valence-corrected chi connectivity index (χ0v) is 12.3. The molecule has 0 aliphatic carbocycles. The Morgan fingerprint density at radius 1 is 1.20 bits per heavy atom. The van der Waals surface area contributed by atoms with E-state index in [9.17, 15) is 0 Å². The summed E-state index contributed by atoms with van der Waals surface area (Å²) in [6.07, 6.45) is 4.91. The van der Waals surface area contributed by atoms with E-state index in [0.29, 0.717) is 12.1 Å². The van der Waals surface area contributed by atoms with Crippen LogP contribution in [0.2, 0.25) is 0 Å². The summed E-state index contributed by atoms with van der Waals surface area (Å²) in [4.78, 5) is 0. The predicted octanol–water partition coefficient (Wildman–Crippen LogP) is 1.87. The van der Waals surface area contributed by atoms with Gasteiger partial charge in [0.05, 0.1) is 28.8 Å². The first kappa shape index (κ1) is 12.1. The second-order valence-corrected chi connectivity index (χ2v) is 6.18. The second-order valence-electron chi connectivity index (χ2n) is 6.18. The van der Waals surface area contributed by atoms with Gasteiger partial charge in [-0.1, -0.05) is 0 Å².